The summed E-state index contributed by atoms with van der Waals surface area (Å²) in [6.45, 7) is 12.7. The zero-order valence-electron chi connectivity index (χ0n) is 20.1. The Labute approximate surface area is 190 Å². The van der Waals surface area contributed by atoms with Crippen molar-refractivity contribution in [2.24, 2.45) is 22.6 Å². The monoisotopic (exact) mass is 440 g/mol. The number of carbonyl (C=O) groups is 1. The summed E-state index contributed by atoms with van der Waals surface area (Å²) < 4.78 is 5.43. The van der Waals surface area contributed by atoms with Crippen LogP contribution in [-0.2, 0) is 10.2 Å². The molecule has 0 aliphatic heterocycles. The lowest BCUT2D eigenvalue weighted by Gasteiger charge is -2.13. The highest BCUT2D eigenvalue weighted by Gasteiger charge is 2.50. The fourth-order valence-corrected chi connectivity index (χ4v) is 3.28. The standard InChI is InChI=1S/C21H26N4O3.C4H10/c1-13(2)17(23-11-8-18(26)27)12-16(22)19-24-20(25-28-19)21(9-10-21)15-7-5-4-6-14(15)3;1-4(2)3/h4-7,12-13H,8-11,22H2,1-3H3,(H,26,27);4H,1-3H3/b16-12-,23-17?;. The minimum Gasteiger partial charge on any atom is -0.481 e. The first-order valence-electron chi connectivity index (χ1n) is 11.2. The minimum atomic E-state index is -0.878. The molecule has 2 aromatic rings. The van der Waals surface area contributed by atoms with E-state index in [0.29, 0.717) is 17.2 Å². The Morgan fingerprint density at radius 2 is 1.88 bits per heavy atom. The molecule has 0 unspecified atom stereocenters. The molecular formula is C25H36N4O3. The van der Waals surface area contributed by atoms with Crippen LogP contribution >= 0.6 is 0 Å². The van der Waals surface area contributed by atoms with Crippen LogP contribution < -0.4 is 5.73 Å². The number of rotatable bonds is 8. The summed E-state index contributed by atoms with van der Waals surface area (Å²) in [6, 6.07) is 8.26. The number of carboxylic acid groups (broad SMARTS) is 1. The molecule has 0 radical (unpaired) electrons. The van der Waals surface area contributed by atoms with Crippen molar-refractivity contribution in [2.45, 2.75) is 66.2 Å². The van der Waals surface area contributed by atoms with Gasteiger partial charge in [0.2, 0.25) is 0 Å². The highest BCUT2D eigenvalue weighted by molar-refractivity contribution is 6.01. The first-order chi connectivity index (χ1) is 15.1. The lowest BCUT2D eigenvalue weighted by atomic mass is 9.91. The van der Waals surface area contributed by atoms with Crippen LogP contribution in [0.1, 0.15) is 76.7 Å². The zero-order chi connectivity index (χ0) is 23.9. The van der Waals surface area contributed by atoms with Crippen LogP contribution in [0.25, 0.3) is 5.70 Å². The summed E-state index contributed by atoms with van der Waals surface area (Å²) in [4.78, 5) is 19.6. The molecule has 0 bridgehead atoms. The molecule has 7 nitrogen and oxygen atoms in total. The number of aryl methyl sites for hydroxylation is 1. The van der Waals surface area contributed by atoms with Gasteiger partial charge in [-0.05, 0) is 48.8 Å². The molecule has 174 valence electrons. The first kappa shape index (κ1) is 25.3. The van der Waals surface area contributed by atoms with Crippen molar-refractivity contribution in [3.8, 4) is 0 Å². The molecule has 0 atom stereocenters. The molecule has 0 spiro atoms. The molecule has 1 aromatic carbocycles. The number of nitrogens with two attached hydrogens (primary N) is 1. The molecule has 3 N–H and O–H groups in total. The Morgan fingerprint density at radius 3 is 2.41 bits per heavy atom. The fraction of sp³-hybridized carbons (Fsp3) is 0.520. The van der Waals surface area contributed by atoms with Gasteiger partial charge in [-0.3, -0.25) is 9.79 Å². The van der Waals surface area contributed by atoms with Gasteiger partial charge in [-0.15, -0.1) is 0 Å². The summed E-state index contributed by atoms with van der Waals surface area (Å²) in [5.41, 5.74) is 9.47. The van der Waals surface area contributed by atoms with Crippen molar-refractivity contribution in [1.29, 1.82) is 0 Å². The number of allylic oxidation sites excluding steroid dienone is 1. The van der Waals surface area contributed by atoms with Crippen LogP contribution in [0.2, 0.25) is 0 Å². The number of nitrogens with zero attached hydrogens (tertiary/aromatic N) is 3. The van der Waals surface area contributed by atoms with Crippen LogP contribution in [0.5, 0.6) is 0 Å². The second kappa shape index (κ2) is 11.1. The maximum absolute atomic E-state index is 10.7. The van der Waals surface area contributed by atoms with Crippen LogP contribution in [0.15, 0.2) is 39.9 Å². The van der Waals surface area contributed by atoms with E-state index in [-0.39, 0.29) is 30.2 Å². The number of benzene rings is 1. The Balaban J connectivity index is 0.000000837. The predicted molar refractivity (Wildman–Crippen MR) is 128 cm³/mol. The quantitative estimate of drug-likeness (QED) is 0.559. The molecule has 7 heteroatoms. The van der Waals surface area contributed by atoms with Crippen LogP contribution in [0, 0.1) is 18.8 Å². The van der Waals surface area contributed by atoms with Gasteiger partial charge < -0.3 is 15.4 Å². The smallest absolute Gasteiger partial charge is 0.305 e. The number of aliphatic carboxylic acids is 1. The summed E-state index contributed by atoms with van der Waals surface area (Å²) >= 11 is 0. The normalized spacial score (nSPS) is 15.5. The van der Waals surface area contributed by atoms with Gasteiger partial charge in [0, 0.05) is 12.3 Å². The van der Waals surface area contributed by atoms with E-state index in [4.69, 9.17) is 15.4 Å². The van der Waals surface area contributed by atoms with Crippen molar-refractivity contribution in [3.05, 3.63) is 53.2 Å². The van der Waals surface area contributed by atoms with E-state index in [9.17, 15) is 4.79 Å². The highest BCUT2D eigenvalue weighted by Crippen LogP contribution is 2.53. The first-order valence-corrected chi connectivity index (χ1v) is 11.2. The number of aromatic nitrogens is 2. The average molecular weight is 441 g/mol. The van der Waals surface area contributed by atoms with Gasteiger partial charge in [0.1, 0.15) is 0 Å². The molecule has 1 aliphatic rings. The van der Waals surface area contributed by atoms with Gasteiger partial charge in [0.05, 0.1) is 17.5 Å². The Hall–Kier alpha value is -2.96. The van der Waals surface area contributed by atoms with E-state index < -0.39 is 5.97 Å². The van der Waals surface area contributed by atoms with Gasteiger partial charge in [0.15, 0.2) is 5.82 Å². The summed E-state index contributed by atoms with van der Waals surface area (Å²) in [5, 5.41) is 13.0. The number of hydrogen-bond acceptors (Lipinski definition) is 6. The molecule has 1 fully saturated rings. The van der Waals surface area contributed by atoms with Crippen molar-refractivity contribution in [3.63, 3.8) is 0 Å². The summed E-state index contributed by atoms with van der Waals surface area (Å²) in [5.74, 6) is 0.969. The average Bonchev–Trinajstić information content (AvgIpc) is 3.34. The minimum absolute atomic E-state index is 0.0202. The molecule has 1 saturated carbocycles. The van der Waals surface area contributed by atoms with Gasteiger partial charge in [-0.2, -0.15) is 4.98 Å². The molecule has 0 saturated heterocycles. The van der Waals surface area contributed by atoms with Gasteiger partial charge in [0.25, 0.3) is 5.89 Å². The summed E-state index contributed by atoms with van der Waals surface area (Å²) in [6.07, 6.45) is 3.63. The molecule has 0 amide bonds. The molecule has 32 heavy (non-hydrogen) atoms. The van der Waals surface area contributed by atoms with Gasteiger partial charge >= 0.3 is 5.97 Å². The molecule has 1 heterocycles. The van der Waals surface area contributed by atoms with E-state index in [1.54, 1.807) is 6.08 Å². The van der Waals surface area contributed by atoms with Crippen molar-refractivity contribution in [2.75, 3.05) is 6.54 Å². The second-order valence-electron chi connectivity index (χ2n) is 9.26. The highest BCUT2D eigenvalue weighted by atomic mass is 16.5. The van der Waals surface area contributed by atoms with Crippen molar-refractivity contribution < 1.29 is 14.4 Å². The van der Waals surface area contributed by atoms with E-state index in [0.717, 1.165) is 18.8 Å². The number of aliphatic imine (C=N–C) groups is 1. The SMILES string of the molecule is CC(C)C.Cc1ccccc1C1(c2noc(/C(N)=C/C(=NCCC(=O)O)C(C)C)n2)CC1. The fourth-order valence-electron chi connectivity index (χ4n) is 3.28. The van der Waals surface area contributed by atoms with E-state index in [1.165, 1.54) is 11.1 Å². The number of carboxylic acids is 1. The third kappa shape index (κ3) is 6.77. The van der Waals surface area contributed by atoms with Crippen molar-refractivity contribution >= 4 is 17.4 Å². The zero-order valence-corrected chi connectivity index (χ0v) is 20.1. The lowest BCUT2D eigenvalue weighted by molar-refractivity contribution is -0.136. The molecular weight excluding hydrogens is 404 g/mol. The lowest BCUT2D eigenvalue weighted by Crippen LogP contribution is -2.13. The third-order valence-corrected chi connectivity index (χ3v) is 5.03. The van der Waals surface area contributed by atoms with E-state index in [1.807, 2.05) is 26.0 Å². The molecule has 1 aromatic heterocycles. The largest absolute Gasteiger partial charge is 0.481 e. The van der Waals surface area contributed by atoms with Crippen LogP contribution in [-0.4, -0.2) is 33.5 Å². The summed E-state index contributed by atoms with van der Waals surface area (Å²) in [7, 11) is 0. The second-order valence-corrected chi connectivity index (χ2v) is 9.26. The van der Waals surface area contributed by atoms with E-state index in [2.05, 4.69) is 55.0 Å². The predicted octanol–water partition coefficient (Wildman–Crippen LogP) is 4.99. The Bertz CT molecular complexity index is 966. The van der Waals surface area contributed by atoms with Crippen molar-refractivity contribution in [1.82, 2.24) is 10.1 Å². The third-order valence-electron chi connectivity index (χ3n) is 5.03. The maximum atomic E-state index is 10.7. The Kier molecular flexibility index (Phi) is 8.75. The maximum Gasteiger partial charge on any atom is 0.305 e. The molecule has 1 aliphatic carbocycles. The van der Waals surface area contributed by atoms with Gasteiger partial charge in [-0.1, -0.05) is 64.0 Å². The number of hydrogen-bond donors (Lipinski definition) is 2. The molecule has 3 rings (SSSR count). The van der Waals surface area contributed by atoms with Crippen LogP contribution in [0.4, 0.5) is 0 Å². The topological polar surface area (TPSA) is 115 Å². The van der Waals surface area contributed by atoms with Gasteiger partial charge in [-0.25, -0.2) is 0 Å². The van der Waals surface area contributed by atoms with Crippen LogP contribution in [0.3, 0.4) is 0 Å². The Morgan fingerprint density at radius 1 is 1.25 bits per heavy atom. The van der Waals surface area contributed by atoms with E-state index >= 15 is 0 Å².